The number of benzene rings is 1. The smallest absolute Gasteiger partial charge is 0.430 e. The molecule has 3 nitrogen and oxygen atoms in total. The number of esters is 1. The highest BCUT2D eigenvalue weighted by atomic mass is 28.3. The minimum atomic E-state index is -4.86. The first kappa shape index (κ1) is 18.5. The van der Waals surface area contributed by atoms with Crippen molar-refractivity contribution in [2.45, 2.75) is 38.8 Å². The molecule has 0 aromatic heterocycles. The fourth-order valence-electron chi connectivity index (χ4n) is 2.33. The zero-order valence-corrected chi connectivity index (χ0v) is 14.8. The monoisotopic (exact) mass is 362 g/mol. The molecule has 8 heteroatoms. The van der Waals surface area contributed by atoms with E-state index in [0.29, 0.717) is 5.19 Å². The first-order valence-electron chi connectivity index (χ1n) is 7.41. The van der Waals surface area contributed by atoms with E-state index in [2.05, 4.69) is 4.74 Å². The highest BCUT2D eigenvalue weighted by Gasteiger charge is 2.49. The van der Waals surface area contributed by atoms with E-state index in [1.807, 2.05) is 19.6 Å². The summed E-state index contributed by atoms with van der Waals surface area (Å²) in [5, 5.41) is 0.715. The summed E-state index contributed by atoms with van der Waals surface area (Å²) >= 11 is 0. The van der Waals surface area contributed by atoms with Crippen LogP contribution in [0.2, 0.25) is 19.6 Å². The number of rotatable bonds is 3. The van der Waals surface area contributed by atoms with E-state index < -0.39 is 43.5 Å². The van der Waals surface area contributed by atoms with Gasteiger partial charge in [0.05, 0.1) is 20.3 Å². The van der Waals surface area contributed by atoms with Crippen molar-refractivity contribution in [2.75, 3.05) is 6.61 Å². The van der Waals surface area contributed by atoms with Crippen LogP contribution in [0.15, 0.2) is 17.7 Å². The summed E-state index contributed by atoms with van der Waals surface area (Å²) in [7, 11) is -1.91. The SMILES string of the molecule is CCOC(=O)C1=Cc2cc([Si](C)(C)C)cc(F)c2OC1C(F)(F)F. The predicted molar refractivity (Wildman–Crippen MR) is 84.5 cm³/mol. The highest BCUT2D eigenvalue weighted by Crippen LogP contribution is 2.38. The molecule has 1 aliphatic rings. The first-order chi connectivity index (χ1) is 10.9. The quantitative estimate of drug-likeness (QED) is 0.468. The molecule has 0 aliphatic carbocycles. The van der Waals surface area contributed by atoms with Crippen LogP contribution in [0.3, 0.4) is 0 Å². The maximum absolute atomic E-state index is 14.3. The molecule has 0 amide bonds. The Balaban J connectivity index is 2.61. The highest BCUT2D eigenvalue weighted by molar-refractivity contribution is 6.88. The fourth-order valence-corrected chi connectivity index (χ4v) is 3.48. The molecule has 1 aromatic carbocycles. The molecule has 1 aliphatic heterocycles. The van der Waals surface area contributed by atoms with Gasteiger partial charge in [-0.2, -0.15) is 13.2 Å². The number of halogens is 4. The average Bonchev–Trinajstić information content (AvgIpc) is 2.44. The Morgan fingerprint density at radius 3 is 2.42 bits per heavy atom. The second kappa shape index (κ2) is 6.23. The lowest BCUT2D eigenvalue weighted by Gasteiger charge is -2.29. The maximum Gasteiger partial charge on any atom is 0.430 e. The van der Waals surface area contributed by atoms with Gasteiger partial charge in [-0.1, -0.05) is 30.9 Å². The molecule has 1 unspecified atom stereocenters. The van der Waals surface area contributed by atoms with Crippen LogP contribution in [0.25, 0.3) is 6.08 Å². The average molecular weight is 362 g/mol. The molecule has 2 rings (SSSR count). The van der Waals surface area contributed by atoms with Crippen molar-refractivity contribution in [2.24, 2.45) is 0 Å². The Bertz CT molecular complexity index is 690. The third-order valence-electron chi connectivity index (χ3n) is 3.58. The van der Waals surface area contributed by atoms with Gasteiger partial charge in [-0.05, 0) is 19.1 Å². The van der Waals surface area contributed by atoms with Crippen LogP contribution in [0.5, 0.6) is 5.75 Å². The van der Waals surface area contributed by atoms with Crippen molar-refractivity contribution in [1.82, 2.24) is 0 Å². The van der Waals surface area contributed by atoms with Gasteiger partial charge in [0.2, 0.25) is 6.10 Å². The number of carbonyl (C=O) groups is 1. The largest absolute Gasteiger partial charge is 0.472 e. The fraction of sp³-hybridized carbons (Fsp3) is 0.438. The molecule has 0 saturated heterocycles. The number of fused-ring (bicyclic) bond motifs is 1. The van der Waals surface area contributed by atoms with Gasteiger partial charge in [0, 0.05) is 5.56 Å². The third kappa shape index (κ3) is 3.63. The number of alkyl halides is 3. The topological polar surface area (TPSA) is 35.5 Å². The summed E-state index contributed by atoms with van der Waals surface area (Å²) in [6.45, 7) is 7.35. The van der Waals surface area contributed by atoms with Gasteiger partial charge in [-0.3, -0.25) is 0 Å². The van der Waals surface area contributed by atoms with Crippen molar-refractivity contribution in [3.05, 3.63) is 29.1 Å². The first-order valence-corrected chi connectivity index (χ1v) is 10.9. The van der Waals surface area contributed by atoms with Crippen molar-refractivity contribution in [1.29, 1.82) is 0 Å². The molecule has 0 N–H and O–H groups in total. The second-order valence-electron chi connectivity index (χ2n) is 6.49. The Morgan fingerprint density at radius 1 is 1.29 bits per heavy atom. The molecule has 1 aromatic rings. The van der Waals surface area contributed by atoms with Gasteiger partial charge >= 0.3 is 12.1 Å². The van der Waals surface area contributed by atoms with Crippen LogP contribution in [-0.4, -0.2) is 32.9 Å². The molecule has 24 heavy (non-hydrogen) atoms. The van der Waals surface area contributed by atoms with Gasteiger partial charge in [-0.15, -0.1) is 0 Å². The molecule has 0 saturated carbocycles. The van der Waals surface area contributed by atoms with Crippen LogP contribution in [0.4, 0.5) is 17.6 Å². The number of hydrogen-bond donors (Lipinski definition) is 0. The summed E-state index contributed by atoms with van der Waals surface area (Å²) in [4.78, 5) is 11.9. The van der Waals surface area contributed by atoms with Crippen LogP contribution in [-0.2, 0) is 9.53 Å². The van der Waals surface area contributed by atoms with Crippen molar-refractivity contribution in [3.63, 3.8) is 0 Å². The van der Waals surface area contributed by atoms with Crippen LogP contribution in [0, 0.1) is 5.82 Å². The molecule has 1 atom stereocenters. The van der Waals surface area contributed by atoms with Gasteiger partial charge in [0.1, 0.15) is 0 Å². The van der Waals surface area contributed by atoms with Gasteiger partial charge in [0.15, 0.2) is 11.6 Å². The van der Waals surface area contributed by atoms with Gasteiger partial charge in [0.25, 0.3) is 0 Å². The van der Waals surface area contributed by atoms with E-state index in [9.17, 15) is 22.4 Å². The molecule has 1 heterocycles. The van der Waals surface area contributed by atoms with Gasteiger partial charge < -0.3 is 9.47 Å². The van der Waals surface area contributed by atoms with E-state index in [0.717, 1.165) is 6.08 Å². The molecule has 132 valence electrons. The standard InChI is InChI=1S/C16H18F4O3Si/c1-5-22-15(21)11-7-9-6-10(24(2,3)4)8-12(17)13(9)23-14(11)16(18,19)20/h6-8,14H,5H2,1-4H3. The van der Waals surface area contributed by atoms with E-state index in [1.165, 1.54) is 13.0 Å². The van der Waals surface area contributed by atoms with Crippen LogP contribution < -0.4 is 9.92 Å². The number of carbonyl (C=O) groups excluding carboxylic acids is 1. The lowest BCUT2D eigenvalue weighted by atomic mass is 10.0. The lowest BCUT2D eigenvalue weighted by Crippen LogP contribution is -2.42. The van der Waals surface area contributed by atoms with E-state index in [-0.39, 0.29) is 12.2 Å². The third-order valence-corrected chi connectivity index (χ3v) is 5.60. The zero-order chi connectivity index (χ0) is 18.3. The number of hydrogen-bond acceptors (Lipinski definition) is 3. The molecule has 0 spiro atoms. The lowest BCUT2D eigenvalue weighted by molar-refractivity contribution is -0.188. The van der Waals surface area contributed by atoms with Crippen LogP contribution in [0.1, 0.15) is 12.5 Å². The molecule has 0 fully saturated rings. The van der Waals surface area contributed by atoms with Crippen molar-refractivity contribution >= 4 is 25.3 Å². The minimum absolute atomic E-state index is 0.0725. The number of ether oxygens (including phenoxy) is 2. The summed E-state index contributed by atoms with van der Waals surface area (Å²) in [6, 6.07) is 2.79. The van der Waals surface area contributed by atoms with E-state index >= 15 is 0 Å². The summed E-state index contributed by atoms with van der Waals surface area (Å²) < 4.78 is 63.4. The maximum atomic E-state index is 14.3. The van der Waals surface area contributed by atoms with Crippen molar-refractivity contribution in [3.8, 4) is 5.75 Å². The Hall–Kier alpha value is -1.83. The Labute approximate surface area is 138 Å². The minimum Gasteiger partial charge on any atom is -0.472 e. The summed E-state index contributed by atoms with van der Waals surface area (Å²) in [6.07, 6.45) is -6.39. The van der Waals surface area contributed by atoms with Crippen LogP contribution >= 0.6 is 0 Å². The van der Waals surface area contributed by atoms with E-state index in [1.54, 1.807) is 6.07 Å². The van der Waals surface area contributed by atoms with Crippen molar-refractivity contribution < 1.29 is 31.8 Å². The second-order valence-corrected chi connectivity index (χ2v) is 11.6. The molecule has 0 radical (unpaired) electrons. The van der Waals surface area contributed by atoms with Gasteiger partial charge in [-0.25, -0.2) is 9.18 Å². The predicted octanol–water partition coefficient (Wildman–Crippen LogP) is 3.64. The Kier molecular flexibility index (Phi) is 4.81. The molecule has 0 bridgehead atoms. The summed E-state index contributed by atoms with van der Waals surface area (Å²) in [5.74, 6) is -2.48. The summed E-state index contributed by atoms with van der Waals surface area (Å²) in [5.41, 5.74) is -0.556. The van der Waals surface area contributed by atoms with E-state index in [4.69, 9.17) is 4.74 Å². The molecular weight excluding hydrogens is 344 g/mol. The molecular formula is C16H18F4O3Si. The normalized spacial score (nSPS) is 17.7. The Morgan fingerprint density at radius 2 is 1.92 bits per heavy atom. The zero-order valence-electron chi connectivity index (χ0n) is 13.8.